The fourth-order valence-electron chi connectivity index (χ4n) is 1.16. The lowest BCUT2D eigenvalue weighted by Gasteiger charge is -2.15. The van der Waals surface area contributed by atoms with Gasteiger partial charge in [0, 0.05) is 17.6 Å². The zero-order chi connectivity index (χ0) is 10.4. The number of hydrogen-bond donors (Lipinski definition) is 2. The van der Waals surface area contributed by atoms with Crippen molar-refractivity contribution in [2.45, 2.75) is 19.9 Å². The van der Waals surface area contributed by atoms with Gasteiger partial charge in [0.1, 0.15) is 0 Å². The van der Waals surface area contributed by atoms with Gasteiger partial charge in [0.25, 0.3) is 0 Å². The third-order valence-corrected chi connectivity index (χ3v) is 3.00. The largest absolute Gasteiger partial charge is 0.271 e. The van der Waals surface area contributed by atoms with Crippen molar-refractivity contribution in [2.24, 2.45) is 5.84 Å². The third-order valence-electron chi connectivity index (χ3n) is 2.03. The van der Waals surface area contributed by atoms with Crippen LogP contribution in [0, 0.1) is 6.92 Å². The Morgan fingerprint density at radius 1 is 1.57 bits per heavy atom. The molecule has 0 saturated carbocycles. The van der Waals surface area contributed by atoms with Crippen LogP contribution in [0.4, 0.5) is 0 Å². The summed E-state index contributed by atoms with van der Waals surface area (Å²) in [6, 6.07) is 4.28. The minimum Gasteiger partial charge on any atom is -0.271 e. The fourth-order valence-corrected chi connectivity index (χ4v) is 1.92. The van der Waals surface area contributed by atoms with Crippen LogP contribution in [0.5, 0.6) is 0 Å². The van der Waals surface area contributed by atoms with Crippen LogP contribution in [0.1, 0.15) is 24.2 Å². The Balaban J connectivity index is 2.64. The van der Waals surface area contributed by atoms with Crippen molar-refractivity contribution in [3.63, 3.8) is 0 Å². The highest BCUT2D eigenvalue weighted by atomic mass is 32.2. The minimum absolute atomic E-state index is 0.202. The average molecular weight is 211 g/mol. The number of aryl methyl sites for hydroxylation is 1. The van der Waals surface area contributed by atoms with Gasteiger partial charge in [0.2, 0.25) is 0 Å². The summed E-state index contributed by atoms with van der Waals surface area (Å²) in [5.74, 6) is 7.58. The molecule has 1 heterocycles. The van der Waals surface area contributed by atoms with E-state index in [-0.39, 0.29) is 6.04 Å². The van der Waals surface area contributed by atoms with Gasteiger partial charge in [-0.3, -0.25) is 16.3 Å². The quantitative estimate of drug-likeness (QED) is 0.574. The number of nitrogens with one attached hydrogen (secondary N) is 1. The van der Waals surface area contributed by atoms with Crippen LogP contribution in [0.2, 0.25) is 0 Å². The van der Waals surface area contributed by atoms with Crippen LogP contribution in [0.3, 0.4) is 0 Å². The molecule has 1 aromatic rings. The van der Waals surface area contributed by atoms with Gasteiger partial charge in [-0.1, -0.05) is 13.0 Å². The number of pyridine rings is 1. The summed E-state index contributed by atoms with van der Waals surface area (Å²) in [5, 5.41) is 0. The maximum absolute atomic E-state index is 5.49. The second-order valence-electron chi connectivity index (χ2n) is 3.11. The molecule has 1 atom stereocenters. The highest BCUT2D eigenvalue weighted by molar-refractivity contribution is 7.99. The number of nitrogens with zero attached hydrogens (tertiary/aromatic N) is 1. The zero-order valence-corrected chi connectivity index (χ0v) is 9.47. The summed E-state index contributed by atoms with van der Waals surface area (Å²) in [6.07, 6.45) is 1.88. The van der Waals surface area contributed by atoms with Gasteiger partial charge in [-0.25, -0.2) is 0 Å². The molecule has 0 aliphatic heterocycles. The normalized spacial score (nSPS) is 12.8. The molecule has 0 radical (unpaired) electrons. The number of hydrazine groups is 1. The summed E-state index contributed by atoms with van der Waals surface area (Å²) in [7, 11) is 0. The Kier molecular flexibility index (Phi) is 4.93. The summed E-state index contributed by atoms with van der Waals surface area (Å²) in [6.45, 7) is 4.13. The Morgan fingerprint density at radius 2 is 2.36 bits per heavy atom. The molecule has 0 aliphatic rings. The monoisotopic (exact) mass is 211 g/mol. The lowest BCUT2D eigenvalue weighted by molar-refractivity contribution is 0.608. The van der Waals surface area contributed by atoms with Crippen LogP contribution in [0.15, 0.2) is 18.3 Å². The molecule has 0 aliphatic carbocycles. The van der Waals surface area contributed by atoms with E-state index in [0.29, 0.717) is 0 Å². The molecule has 78 valence electrons. The van der Waals surface area contributed by atoms with E-state index >= 15 is 0 Å². The maximum Gasteiger partial charge on any atom is 0.0565 e. The molecular weight excluding hydrogens is 194 g/mol. The van der Waals surface area contributed by atoms with Gasteiger partial charge in [-0.2, -0.15) is 11.8 Å². The number of thioether (sulfide) groups is 1. The van der Waals surface area contributed by atoms with Crippen molar-refractivity contribution in [1.29, 1.82) is 0 Å². The molecule has 3 N–H and O–H groups in total. The van der Waals surface area contributed by atoms with E-state index in [1.807, 2.05) is 30.9 Å². The lowest BCUT2D eigenvalue weighted by Crippen LogP contribution is -2.29. The Bertz CT molecular complexity index is 261. The van der Waals surface area contributed by atoms with Crippen molar-refractivity contribution >= 4 is 11.8 Å². The molecule has 1 aromatic heterocycles. The molecule has 0 bridgehead atoms. The average Bonchev–Trinajstić information content (AvgIpc) is 2.21. The van der Waals surface area contributed by atoms with E-state index in [9.17, 15) is 0 Å². The van der Waals surface area contributed by atoms with Gasteiger partial charge in [0.05, 0.1) is 6.04 Å². The predicted molar refractivity (Wildman–Crippen MR) is 62.0 cm³/mol. The van der Waals surface area contributed by atoms with Crippen LogP contribution >= 0.6 is 11.8 Å². The molecule has 1 unspecified atom stereocenters. The number of nitrogens with two attached hydrogens (primary N) is 1. The van der Waals surface area contributed by atoms with Crippen LogP contribution in [-0.2, 0) is 0 Å². The second kappa shape index (κ2) is 6.01. The molecule has 14 heavy (non-hydrogen) atoms. The van der Waals surface area contributed by atoms with E-state index in [1.54, 1.807) is 0 Å². The van der Waals surface area contributed by atoms with Crippen LogP contribution < -0.4 is 11.3 Å². The van der Waals surface area contributed by atoms with E-state index in [2.05, 4.69) is 23.4 Å². The summed E-state index contributed by atoms with van der Waals surface area (Å²) in [4.78, 5) is 4.25. The predicted octanol–water partition coefficient (Wildman–Crippen LogP) is 1.65. The van der Waals surface area contributed by atoms with Crippen LogP contribution in [-0.4, -0.2) is 16.5 Å². The van der Waals surface area contributed by atoms with Gasteiger partial charge in [-0.15, -0.1) is 0 Å². The summed E-state index contributed by atoms with van der Waals surface area (Å²) < 4.78 is 0. The second-order valence-corrected chi connectivity index (χ2v) is 4.43. The highest BCUT2D eigenvalue weighted by Gasteiger charge is 2.08. The standard InChI is InChI=1S/C10H17N3S/c1-3-14-7-10(13-11)9-5-4-8(2)12-6-9/h4-6,10,13H,3,7,11H2,1-2H3. The SMILES string of the molecule is CCSCC(NN)c1ccc(C)nc1. The van der Waals surface area contributed by atoms with E-state index < -0.39 is 0 Å². The van der Waals surface area contributed by atoms with Crippen molar-refractivity contribution in [2.75, 3.05) is 11.5 Å². The van der Waals surface area contributed by atoms with Gasteiger partial charge >= 0.3 is 0 Å². The molecule has 0 saturated heterocycles. The summed E-state index contributed by atoms with van der Waals surface area (Å²) >= 11 is 1.87. The van der Waals surface area contributed by atoms with Gasteiger partial charge in [-0.05, 0) is 24.3 Å². The molecular formula is C10H17N3S. The summed E-state index contributed by atoms with van der Waals surface area (Å²) in [5.41, 5.74) is 5.00. The molecule has 0 aromatic carbocycles. The first-order valence-electron chi connectivity index (χ1n) is 4.74. The van der Waals surface area contributed by atoms with E-state index in [1.165, 1.54) is 0 Å². The smallest absolute Gasteiger partial charge is 0.0565 e. The van der Waals surface area contributed by atoms with E-state index in [4.69, 9.17) is 5.84 Å². The Labute approximate surface area is 89.5 Å². The molecule has 4 heteroatoms. The molecule has 0 amide bonds. The Morgan fingerprint density at radius 3 is 2.86 bits per heavy atom. The van der Waals surface area contributed by atoms with E-state index in [0.717, 1.165) is 22.8 Å². The number of aromatic nitrogens is 1. The highest BCUT2D eigenvalue weighted by Crippen LogP contribution is 2.16. The number of hydrogen-bond acceptors (Lipinski definition) is 4. The van der Waals surface area contributed by atoms with Gasteiger partial charge in [0.15, 0.2) is 0 Å². The molecule has 0 fully saturated rings. The first-order chi connectivity index (χ1) is 6.77. The van der Waals surface area contributed by atoms with Crippen molar-refractivity contribution in [3.05, 3.63) is 29.6 Å². The molecule has 1 rings (SSSR count). The van der Waals surface area contributed by atoms with Gasteiger partial charge < -0.3 is 0 Å². The van der Waals surface area contributed by atoms with Crippen molar-refractivity contribution in [1.82, 2.24) is 10.4 Å². The zero-order valence-electron chi connectivity index (χ0n) is 8.66. The first kappa shape index (κ1) is 11.5. The minimum atomic E-state index is 0.202. The van der Waals surface area contributed by atoms with Crippen molar-refractivity contribution in [3.8, 4) is 0 Å². The molecule has 3 nitrogen and oxygen atoms in total. The molecule has 0 spiro atoms. The fraction of sp³-hybridized carbons (Fsp3) is 0.500. The van der Waals surface area contributed by atoms with Crippen LogP contribution in [0.25, 0.3) is 0 Å². The topological polar surface area (TPSA) is 50.9 Å². The number of rotatable bonds is 5. The maximum atomic E-state index is 5.49. The lowest BCUT2D eigenvalue weighted by atomic mass is 10.1. The Hall–Kier alpha value is -0.580. The third kappa shape index (κ3) is 3.29. The first-order valence-corrected chi connectivity index (χ1v) is 5.89. The van der Waals surface area contributed by atoms with Crippen molar-refractivity contribution < 1.29 is 0 Å².